The number of nitrogens with one attached hydrogen (secondary N) is 2. The van der Waals surface area contributed by atoms with Crippen LogP contribution in [0.15, 0.2) is 18.2 Å². The predicted octanol–water partition coefficient (Wildman–Crippen LogP) is 2.79. The fraction of sp³-hybridized carbons (Fsp3) is 0.385. The van der Waals surface area contributed by atoms with Crippen molar-refractivity contribution >= 4 is 29.4 Å². The number of urea groups is 1. The van der Waals surface area contributed by atoms with Crippen molar-refractivity contribution in [1.29, 1.82) is 0 Å². The topological polar surface area (TPSA) is 78.4 Å². The van der Waals surface area contributed by atoms with Crippen LogP contribution in [-0.4, -0.2) is 34.7 Å². The van der Waals surface area contributed by atoms with Gasteiger partial charge in [-0.25, -0.2) is 14.0 Å². The first-order valence-electron chi connectivity index (χ1n) is 6.12. The largest absolute Gasteiger partial charge is 0.478 e. The third-order valence-corrected chi connectivity index (χ3v) is 3.55. The second kappa shape index (κ2) is 7.74. The summed E-state index contributed by atoms with van der Waals surface area (Å²) < 4.78 is 13.0. The lowest BCUT2D eigenvalue weighted by Crippen LogP contribution is -2.37. The van der Waals surface area contributed by atoms with E-state index in [4.69, 9.17) is 5.11 Å². The normalized spacial score (nSPS) is 11.8. The number of anilines is 1. The van der Waals surface area contributed by atoms with Gasteiger partial charge in [0.15, 0.2) is 0 Å². The van der Waals surface area contributed by atoms with Gasteiger partial charge in [-0.15, -0.1) is 0 Å². The van der Waals surface area contributed by atoms with Crippen LogP contribution in [0.4, 0.5) is 14.9 Å². The van der Waals surface area contributed by atoms with Gasteiger partial charge in [0.1, 0.15) is 5.82 Å². The Morgan fingerprint density at radius 2 is 2.15 bits per heavy atom. The molecule has 0 aliphatic heterocycles. The van der Waals surface area contributed by atoms with Crippen LogP contribution in [0.5, 0.6) is 0 Å². The van der Waals surface area contributed by atoms with E-state index in [0.717, 1.165) is 23.6 Å². The van der Waals surface area contributed by atoms with E-state index in [1.54, 1.807) is 11.8 Å². The van der Waals surface area contributed by atoms with E-state index in [0.29, 0.717) is 0 Å². The van der Waals surface area contributed by atoms with Gasteiger partial charge in [0.05, 0.1) is 11.3 Å². The van der Waals surface area contributed by atoms with Crippen LogP contribution in [0.1, 0.15) is 24.2 Å². The highest BCUT2D eigenvalue weighted by Crippen LogP contribution is 2.17. The van der Waals surface area contributed by atoms with Crippen molar-refractivity contribution in [2.45, 2.75) is 19.9 Å². The Hall–Kier alpha value is -1.76. The van der Waals surface area contributed by atoms with Gasteiger partial charge in [-0.2, -0.15) is 11.8 Å². The second-order valence-corrected chi connectivity index (χ2v) is 5.47. The number of carbonyl (C=O) groups is 2. The minimum absolute atomic E-state index is 0.0475. The number of hydrogen-bond acceptors (Lipinski definition) is 3. The monoisotopic (exact) mass is 300 g/mol. The van der Waals surface area contributed by atoms with Crippen LogP contribution in [0.3, 0.4) is 0 Å². The first-order chi connectivity index (χ1) is 9.43. The molecule has 0 bridgehead atoms. The number of carboxylic acids is 1. The molecule has 2 amide bonds. The third-order valence-electron chi connectivity index (χ3n) is 2.41. The van der Waals surface area contributed by atoms with E-state index in [-0.39, 0.29) is 17.3 Å². The molecule has 7 heteroatoms. The molecule has 0 aliphatic carbocycles. The molecule has 20 heavy (non-hydrogen) atoms. The SMILES string of the molecule is CCSCC(C)NC(=O)Nc1ccc(F)cc1C(=O)O. The second-order valence-electron chi connectivity index (χ2n) is 4.15. The summed E-state index contributed by atoms with van der Waals surface area (Å²) in [6.07, 6.45) is 0. The van der Waals surface area contributed by atoms with Gasteiger partial charge in [0, 0.05) is 11.8 Å². The fourth-order valence-corrected chi connectivity index (χ4v) is 2.19. The summed E-state index contributed by atoms with van der Waals surface area (Å²) in [4.78, 5) is 22.7. The molecular formula is C13H17FN2O3S. The lowest BCUT2D eigenvalue weighted by atomic mass is 10.1. The maximum Gasteiger partial charge on any atom is 0.337 e. The van der Waals surface area contributed by atoms with Crippen LogP contribution in [0.2, 0.25) is 0 Å². The average Bonchev–Trinajstić information content (AvgIpc) is 2.38. The lowest BCUT2D eigenvalue weighted by Gasteiger charge is -2.15. The van der Waals surface area contributed by atoms with E-state index in [1.807, 2.05) is 13.8 Å². The number of hydrogen-bond donors (Lipinski definition) is 3. The highest BCUT2D eigenvalue weighted by Gasteiger charge is 2.14. The Balaban J connectivity index is 2.68. The van der Waals surface area contributed by atoms with Crippen LogP contribution < -0.4 is 10.6 Å². The Morgan fingerprint density at radius 1 is 1.45 bits per heavy atom. The van der Waals surface area contributed by atoms with Crippen LogP contribution >= 0.6 is 11.8 Å². The molecule has 1 unspecified atom stereocenters. The number of aromatic carboxylic acids is 1. The van der Waals surface area contributed by atoms with Gasteiger partial charge in [-0.1, -0.05) is 6.92 Å². The van der Waals surface area contributed by atoms with E-state index < -0.39 is 17.8 Å². The molecule has 1 atom stereocenters. The molecule has 110 valence electrons. The number of carbonyl (C=O) groups excluding carboxylic acids is 1. The molecule has 1 aromatic carbocycles. The molecule has 5 nitrogen and oxygen atoms in total. The molecule has 0 saturated heterocycles. The van der Waals surface area contributed by atoms with Crippen LogP contribution in [-0.2, 0) is 0 Å². The van der Waals surface area contributed by atoms with Crippen molar-refractivity contribution in [3.8, 4) is 0 Å². The van der Waals surface area contributed by atoms with Gasteiger partial charge >= 0.3 is 12.0 Å². The number of rotatable bonds is 6. The van der Waals surface area contributed by atoms with Crippen LogP contribution in [0, 0.1) is 5.82 Å². The summed E-state index contributed by atoms with van der Waals surface area (Å²) in [5, 5.41) is 14.1. The summed E-state index contributed by atoms with van der Waals surface area (Å²) in [6, 6.07) is 2.63. The minimum atomic E-state index is -1.30. The summed E-state index contributed by atoms with van der Waals surface area (Å²) >= 11 is 1.69. The molecule has 0 spiro atoms. The smallest absolute Gasteiger partial charge is 0.337 e. The van der Waals surface area contributed by atoms with Crippen molar-refractivity contribution in [3.05, 3.63) is 29.6 Å². The summed E-state index contributed by atoms with van der Waals surface area (Å²) in [5.41, 5.74) is -0.220. The first-order valence-corrected chi connectivity index (χ1v) is 7.27. The first kappa shape index (κ1) is 16.3. The number of amides is 2. The molecule has 0 heterocycles. The zero-order chi connectivity index (χ0) is 15.1. The number of thioether (sulfide) groups is 1. The third kappa shape index (κ3) is 5.08. The molecule has 0 aromatic heterocycles. The van der Waals surface area contributed by atoms with Crippen molar-refractivity contribution in [3.63, 3.8) is 0 Å². The molecule has 0 aliphatic rings. The predicted molar refractivity (Wildman–Crippen MR) is 78.0 cm³/mol. The van der Waals surface area contributed by atoms with Gasteiger partial charge in [0.25, 0.3) is 0 Å². The van der Waals surface area contributed by atoms with Crippen molar-refractivity contribution in [1.82, 2.24) is 5.32 Å². The standard InChI is InChI=1S/C13H17FN2O3S/c1-3-20-7-8(2)15-13(19)16-11-5-4-9(14)6-10(11)12(17)18/h4-6,8H,3,7H2,1-2H3,(H,17,18)(H2,15,16,19). The van der Waals surface area contributed by atoms with Crippen molar-refractivity contribution in [2.24, 2.45) is 0 Å². The molecular weight excluding hydrogens is 283 g/mol. The van der Waals surface area contributed by atoms with Gasteiger partial charge in [0.2, 0.25) is 0 Å². The maximum atomic E-state index is 13.0. The Kier molecular flexibility index (Phi) is 6.30. The molecule has 0 fully saturated rings. The molecule has 3 N–H and O–H groups in total. The molecule has 0 saturated carbocycles. The van der Waals surface area contributed by atoms with Crippen LogP contribution in [0.25, 0.3) is 0 Å². The Labute approximate surface area is 120 Å². The number of halogens is 1. The van der Waals surface area contributed by atoms with Gasteiger partial charge in [-0.3, -0.25) is 0 Å². The van der Waals surface area contributed by atoms with E-state index in [9.17, 15) is 14.0 Å². The van der Waals surface area contributed by atoms with Crippen molar-refractivity contribution in [2.75, 3.05) is 16.8 Å². The quantitative estimate of drug-likeness (QED) is 0.755. The fourth-order valence-electron chi connectivity index (χ4n) is 1.52. The summed E-state index contributed by atoms with van der Waals surface area (Å²) in [7, 11) is 0. The molecule has 1 rings (SSSR count). The lowest BCUT2D eigenvalue weighted by molar-refractivity contribution is 0.0697. The van der Waals surface area contributed by atoms with E-state index in [2.05, 4.69) is 10.6 Å². The summed E-state index contributed by atoms with van der Waals surface area (Å²) in [6.45, 7) is 3.88. The number of benzene rings is 1. The van der Waals surface area contributed by atoms with E-state index >= 15 is 0 Å². The highest BCUT2D eigenvalue weighted by atomic mass is 32.2. The Morgan fingerprint density at radius 3 is 2.75 bits per heavy atom. The minimum Gasteiger partial charge on any atom is -0.478 e. The average molecular weight is 300 g/mol. The zero-order valence-electron chi connectivity index (χ0n) is 11.3. The van der Waals surface area contributed by atoms with Crippen molar-refractivity contribution < 1.29 is 19.1 Å². The summed E-state index contributed by atoms with van der Waals surface area (Å²) in [5.74, 6) is -0.246. The maximum absolute atomic E-state index is 13.0. The molecule has 0 radical (unpaired) electrons. The van der Waals surface area contributed by atoms with Gasteiger partial charge < -0.3 is 15.7 Å². The molecule has 1 aromatic rings. The Bertz CT molecular complexity index is 497. The van der Waals surface area contributed by atoms with Gasteiger partial charge in [-0.05, 0) is 30.9 Å². The number of carboxylic acid groups (broad SMARTS) is 1. The highest BCUT2D eigenvalue weighted by molar-refractivity contribution is 7.99. The van der Waals surface area contributed by atoms with E-state index in [1.165, 1.54) is 6.07 Å². The zero-order valence-corrected chi connectivity index (χ0v) is 12.1.